The predicted octanol–water partition coefficient (Wildman–Crippen LogP) is 10.7. The standard InChI is InChI=1S/C43H35N5/c1-26-20-27(2)23-30(22-26)41-44-42(31-24-28(3)21-29(4)25-31)46-43(45-41)48-38-17-11-9-15-34(38)36-19-18-35-33-14-8-10-16-37(33)47(39(35)40(36)48)32-12-6-5-7-13-32/h5-20,22-25,28H,21H2,1-4H3. The molecule has 0 amide bonds. The van der Waals surface area contributed by atoms with Gasteiger partial charge in [0, 0.05) is 38.4 Å². The molecule has 5 heteroatoms. The van der Waals surface area contributed by atoms with Crippen LogP contribution in [0.2, 0.25) is 0 Å². The molecule has 3 heterocycles. The zero-order valence-corrected chi connectivity index (χ0v) is 27.6. The number of nitrogens with zero attached hydrogens (tertiary/aromatic N) is 5. The Bertz CT molecular complexity index is 2610. The topological polar surface area (TPSA) is 48.5 Å². The van der Waals surface area contributed by atoms with E-state index in [4.69, 9.17) is 15.0 Å². The first-order valence-electron chi connectivity index (χ1n) is 16.7. The molecule has 1 aliphatic rings. The number of benzene rings is 5. The van der Waals surface area contributed by atoms with E-state index in [1.54, 1.807) is 0 Å². The fourth-order valence-electron chi connectivity index (χ4n) is 7.77. The average Bonchev–Trinajstić information content (AvgIpc) is 3.61. The summed E-state index contributed by atoms with van der Waals surface area (Å²) in [6.07, 6.45) is 5.58. The monoisotopic (exact) mass is 621 g/mol. The number of hydrogen-bond acceptors (Lipinski definition) is 3. The molecule has 0 aliphatic heterocycles. The number of para-hydroxylation sites is 3. The second kappa shape index (κ2) is 10.9. The molecule has 5 nitrogen and oxygen atoms in total. The molecule has 0 saturated heterocycles. The normalized spacial score (nSPS) is 15.0. The van der Waals surface area contributed by atoms with Crippen LogP contribution >= 0.6 is 0 Å². The highest BCUT2D eigenvalue weighted by Gasteiger charge is 2.24. The van der Waals surface area contributed by atoms with Crippen molar-refractivity contribution < 1.29 is 0 Å². The van der Waals surface area contributed by atoms with E-state index >= 15 is 0 Å². The zero-order chi connectivity index (χ0) is 32.5. The molecule has 8 aromatic rings. The van der Waals surface area contributed by atoms with Gasteiger partial charge in [-0.05, 0) is 69.5 Å². The van der Waals surface area contributed by atoms with Gasteiger partial charge in [-0.2, -0.15) is 9.97 Å². The van der Waals surface area contributed by atoms with Crippen molar-refractivity contribution in [2.24, 2.45) is 5.92 Å². The van der Waals surface area contributed by atoms with Crippen LogP contribution in [0, 0.1) is 19.8 Å². The van der Waals surface area contributed by atoms with Gasteiger partial charge in [-0.3, -0.25) is 4.57 Å². The van der Waals surface area contributed by atoms with Gasteiger partial charge in [0.2, 0.25) is 5.95 Å². The molecule has 0 saturated carbocycles. The summed E-state index contributed by atoms with van der Waals surface area (Å²) in [5.74, 6) is 2.39. The Balaban J connectivity index is 1.45. The molecular weight excluding hydrogens is 587 g/mol. The molecule has 0 fully saturated rings. The highest BCUT2D eigenvalue weighted by molar-refractivity contribution is 6.23. The van der Waals surface area contributed by atoms with E-state index < -0.39 is 0 Å². The molecule has 1 atom stereocenters. The molecule has 48 heavy (non-hydrogen) atoms. The Morgan fingerprint density at radius 1 is 0.583 bits per heavy atom. The quantitative estimate of drug-likeness (QED) is 0.196. The first kappa shape index (κ1) is 28.4. The minimum atomic E-state index is 0.407. The van der Waals surface area contributed by atoms with Crippen LogP contribution in [0.4, 0.5) is 0 Å². The molecular formula is C43H35N5. The van der Waals surface area contributed by atoms with Crippen LogP contribution in [0.1, 0.15) is 37.2 Å². The van der Waals surface area contributed by atoms with Gasteiger partial charge < -0.3 is 4.57 Å². The molecule has 1 unspecified atom stereocenters. The lowest BCUT2D eigenvalue weighted by Gasteiger charge is -2.17. The van der Waals surface area contributed by atoms with Gasteiger partial charge in [-0.15, -0.1) is 0 Å². The number of fused-ring (bicyclic) bond motifs is 7. The fourth-order valence-corrected chi connectivity index (χ4v) is 7.77. The Morgan fingerprint density at radius 3 is 1.83 bits per heavy atom. The fraction of sp³-hybridized carbons (Fsp3) is 0.140. The third-order valence-electron chi connectivity index (χ3n) is 9.55. The van der Waals surface area contributed by atoms with Gasteiger partial charge in [0.05, 0.1) is 22.1 Å². The van der Waals surface area contributed by atoms with E-state index in [0.29, 0.717) is 23.5 Å². The first-order valence-corrected chi connectivity index (χ1v) is 16.7. The molecule has 3 aromatic heterocycles. The van der Waals surface area contributed by atoms with Crippen LogP contribution in [-0.4, -0.2) is 24.1 Å². The largest absolute Gasteiger partial charge is 0.307 e. The van der Waals surface area contributed by atoms with E-state index in [9.17, 15) is 0 Å². The molecule has 1 aliphatic carbocycles. The number of rotatable bonds is 4. The third kappa shape index (κ3) is 4.49. The zero-order valence-electron chi connectivity index (χ0n) is 27.6. The predicted molar refractivity (Wildman–Crippen MR) is 199 cm³/mol. The Labute approximate surface area is 279 Å². The van der Waals surface area contributed by atoms with Crippen molar-refractivity contribution in [1.82, 2.24) is 24.1 Å². The number of hydrogen-bond donors (Lipinski definition) is 0. The Morgan fingerprint density at radius 2 is 1.17 bits per heavy atom. The SMILES string of the molecule is CC1=CC(c2nc(-c3cc(C)cc(C)c3)nc(-n3c4ccccc4c4ccc5c6ccccc6n(-c6ccccc6)c5c43)n2)=CC(C)C1. The maximum atomic E-state index is 5.32. The molecule has 0 bridgehead atoms. The average molecular weight is 622 g/mol. The minimum Gasteiger partial charge on any atom is -0.307 e. The lowest BCUT2D eigenvalue weighted by atomic mass is 9.92. The maximum Gasteiger partial charge on any atom is 0.238 e. The van der Waals surface area contributed by atoms with E-state index in [1.807, 2.05) is 0 Å². The van der Waals surface area contributed by atoms with Gasteiger partial charge in [-0.1, -0.05) is 109 Å². The van der Waals surface area contributed by atoms with Crippen molar-refractivity contribution in [2.75, 3.05) is 0 Å². The second-order valence-corrected chi connectivity index (χ2v) is 13.4. The van der Waals surface area contributed by atoms with Crippen molar-refractivity contribution in [1.29, 1.82) is 0 Å². The summed E-state index contributed by atoms with van der Waals surface area (Å²) in [5.41, 5.74) is 11.3. The van der Waals surface area contributed by atoms with Crippen LogP contribution < -0.4 is 0 Å². The van der Waals surface area contributed by atoms with Crippen molar-refractivity contribution in [2.45, 2.75) is 34.1 Å². The third-order valence-corrected chi connectivity index (χ3v) is 9.55. The second-order valence-electron chi connectivity index (χ2n) is 13.4. The van der Waals surface area contributed by atoms with Crippen molar-refractivity contribution >= 4 is 49.2 Å². The summed E-state index contributed by atoms with van der Waals surface area (Å²) in [4.78, 5) is 15.8. The smallest absolute Gasteiger partial charge is 0.238 e. The van der Waals surface area contributed by atoms with Crippen LogP contribution in [0.15, 0.2) is 127 Å². The Hall–Kier alpha value is -5.81. The Kier molecular flexibility index (Phi) is 6.44. The summed E-state index contributed by atoms with van der Waals surface area (Å²) in [5, 5.41) is 4.73. The summed E-state index contributed by atoms with van der Waals surface area (Å²) in [6, 6.07) is 39.0. The minimum absolute atomic E-state index is 0.407. The number of aromatic nitrogens is 5. The molecule has 0 N–H and O–H groups in total. The summed E-state index contributed by atoms with van der Waals surface area (Å²) >= 11 is 0. The van der Waals surface area contributed by atoms with Gasteiger partial charge >= 0.3 is 0 Å². The molecule has 232 valence electrons. The number of allylic oxidation sites excluding steroid dienone is 4. The highest BCUT2D eigenvalue weighted by atomic mass is 15.2. The van der Waals surface area contributed by atoms with Gasteiger partial charge in [0.15, 0.2) is 11.6 Å². The lowest BCUT2D eigenvalue weighted by Crippen LogP contribution is -2.10. The maximum absolute atomic E-state index is 5.32. The van der Waals surface area contributed by atoms with Crippen LogP contribution in [0.5, 0.6) is 0 Å². The van der Waals surface area contributed by atoms with E-state index in [-0.39, 0.29) is 0 Å². The number of aryl methyl sites for hydroxylation is 2. The highest BCUT2D eigenvalue weighted by Crippen LogP contribution is 2.41. The van der Waals surface area contributed by atoms with Crippen molar-refractivity contribution in [3.8, 4) is 23.0 Å². The van der Waals surface area contributed by atoms with E-state index in [1.165, 1.54) is 27.5 Å². The van der Waals surface area contributed by atoms with Gasteiger partial charge in [0.25, 0.3) is 0 Å². The van der Waals surface area contributed by atoms with Crippen LogP contribution in [-0.2, 0) is 0 Å². The lowest BCUT2D eigenvalue weighted by molar-refractivity contribution is 0.709. The van der Waals surface area contributed by atoms with Gasteiger partial charge in [-0.25, -0.2) is 4.98 Å². The summed E-state index contributed by atoms with van der Waals surface area (Å²) < 4.78 is 4.67. The summed E-state index contributed by atoms with van der Waals surface area (Å²) in [7, 11) is 0. The summed E-state index contributed by atoms with van der Waals surface area (Å²) in [6.45, 7) is 8.71. The molecule has 0 spiro atoms. The van der Waals surface area contributed by atoms with Crippen LogP contribution in [0.3, 0.4) is 0 Å². The van der Waals surface area contributed by atoms with E-state index in [0.717, 1.165) is 56.1 Å². The van der Waals surface area contributed by atoms with E-state index in [2.05, 4.69) is 158 Å². The molecule has 0 radical (unpaired) electrons. The first-order chi connectivity index (χ1) is 23.4. The molecule has 5 aromatic carbocycles. The van der Waals surface area contributed by atoms with Crippen molar-refractivity contribution in [3.05, 3.63) is 144 Å². The van der Waals surface area contributed by atoms with Crippen LogP contribution in [0.25, 0.3) is 72.2 Å². The molecule has 9 rings (SSSR count). The van der Waals surface area contributed by atoms with Crippen molar-refractivity contribution in [3.63, 3.8) is 0 Å². The van der Waals surface area contributed by atoms with Gasteiger partial charge in [0.1, 0.15) is 0 Å².